The number of phenolic OH excluding ortho intramolecular Hbond substituents is 1. The smallest absolute Gasteiger partial charge is 0.185 e. The number of fused-ring (bicyclic) bond motifs is 2. The highest BCUT2D eigenvalue weighted by atomic mass is 32.2. The number of alkyl halides is 1. The molecule has 2 aliphatic rings. The van der Waals surface area contributed by atoms with Gasteiger partial charge in [0.05, 0.1) is 24.0 Å². The lowest BCUT2D eigenvalue weighted by Crippen LogP contribution is -2.49. The quantitative estimate of drug-likeness (QED) is 0.538. The van der Waals surface area contributed by atoms with Crippen LogP contribution in [0.25, 0.3) is 22.5 Å². The lowest BCUT2D eigenvalue weighted by Gasteiger charge is -2.45. The summed E-state index contributed by atoms with van der Waals surface area (Å²) < 4.78 is 15.1. The van der Waals surface area contributed by atoms with Crippen LogP contribution in [0.4, 0.5) is 10.2 Å². The topological polar surface area (TPSA) is 87.9 Å². The maximum absolute atomic E-state index is 15.1. The number of phenols is 1. The molecule has 0 aliphatic heterocycles. The standard InChI is InChI=1S/C24H27FN6OS/c1-31(19-9-14-4-3-5-16(8-14)23(19)25)21-13-26-24(30-28-21)18-7-6-15(10-20(18)32)17-11-22(33-2)29-27-12-17/h6-7,10-14,16,19,23,32H,3-5,8-9H2,1-2H3/t14-,16+,19+,23-/m0/s1. The molecule has 9 heteroatoms. The average Bonchev–Trinajstić information content (AvgIpc) is 2.86. The first-order valence-corrected chi connectivity index (χ1v) is 12.5. The Kier molecular flexibility index (Phi) is 6.14. The molecular weight excluding hydrogens is 439 g/mol. The van der Waals surface area contributed by atoms with Gasteiger partial charge in [-0.05, 0) is 61.1 Å². The summed E-state index contributed by atoms with van der Waals surface area (Å²) >= 11 is 1.51. The number of aromatic nitrogens is 5. The van der Waals surface area contributed by atoms with E-state index in [1.807, 2.05) is 30.3 Å². The summed E-state index contributed by atoms with van der Waals surface area (Å²) in [6.07, 6.45) is 9.54. The van der Waals surface area contributed by atoms with Crippen LogP contribution in [0.1, 0.15) is 32.1 Å². The van der Waals surface area contributed by atoms with Crippen LogP contribution in [0.2, 0.25) is 0 Å². The molecule has 0 amide bonds. The van der Waals surface area contributed by atoms with Gasteiger partial charge in [-0.3, -0.25) is 0 Å². The first-order chi connectivity index (χ1) is 16.0. The molecule has 0 unspecified atom stereocenters. The molecule has 0 spiro atoms. The molecule has 3 aromatic rings. The molecule has 172 valence electrons. The number of hydrogen-bond acceptors (Lipinski definition) is 8. The van der Waals surface area contributed by atoms with Crippen molar-refractivity contribution in [1.29, 1.82) is 0 Å². The molecule has 7 nitrogen and oxygen atoms in total. The number of nitrogens with zero attached hydrogens (tertiary/aromatic N) is 6. The fourth-order valence-corrected chi connectivity index (χ4v) is 5.60. The summed E-state index contributed by atoms with van der Waals surface area (Å²) in [6, 6.07) is 7.04. The van der Waals surface area contributed by atoms with E-state index in [0.717, 1.165) is 41.8 Å². The maximum Gasteiger partial charge on any atom is 0.185 e. The predicted molar refractivity (Wildman–Crippen MR) is 127 cm³/mol. The van der Waals surface area contributed by atoms with Crippen LogP contribution in [-0.2, 0) is 0 Å². The molecule has 1 N–H and O–H groups in total. The lowest BCUT2D eigenvalue weighted by molar-refractivity contribution is 0.0656. The molecule has 2 aliphatic carbocycles. The van der Waals surface area contributed by atoms with Crippen molar-refractivity contribution in [3.63, 3.8) is 0 Å². The highest BCUT2D eigenvalue weighted by Crippen LogP contribution is 2.43. The van der Waals surface area contributed by atoms with Crippen LogP contribution in [0.15, 0.2) is 41.7 Å². The minimum absolute atomic E-state index is 0.0573. The molecule has 4 atom stereocenters. The zero-order chi connectivity index (χ0) is 22.9. The van der Waals surface area contributed by atoms with Gasteiger partial charge < -0.3 is 10.0 Å². The van der Waals surface area contributed by atoms with Gasteiger partial charge in [0.15, 0.2) is 11.6 Å². The molecule has 2 heterocycles. The van der Waals surface area contributed by atoms with Gasteiger partial charge >= 0.3 is 0 Å². The molecule has 1 aromatic carbocycles. The maximum atomic E-state index is 15.1. The average molecular weight is 467 g/mol. The third-order valence-corrected chi connectivity index (χ3v) is 7.66. The van der Waals surface area contributed by atoms with Crippen LogP contribution < -0.4 is 4.90 Å². The molecule has 2 aromatic heterocycles. The highest BCUT2D eigenvalue weighted by Gasteiger charge is 2.42. The van der Waals surface area contributed by atoms with Gasteiger partial charge in [-0.25, -0.2) is 9.37 Å². The number of benzene rings is 1. The third kappa shape index (κ3) is 4.38. The summed E-state index contributed by atoms with van der Waals surface area (Å²) in [6.45, 7) is 0. The van der Waals surface area contributed by atoms with Gasteiger partial charge in [0.1, 0.15) is 16.9 Å². The van der Waals surface area contributed by atoms with Crippen molar-refractivity contribution < 1.29 is 9.50 Å². The van der Waals surface area contributed by atoms with E-state index < -0.39 is 6.17 Å². The van der Waals surface area contributed by atoms with Crippen LogP contribution >= 0.6 is 11.8 Å². The number of rotatable bonds is 5. The van der Waals surface area contributed by atoms with E-state index in [1.165, 1.54) is 18.2 Å². The number of anilines is 1. The Morgan fingerprint density at radius 2 is 1.94 bits per heavy atom. The lowest BCUT2D eigenvalue weighted by atomic mass is 9.69. The van der Waals surface area contributed by atoms with Gasteiger partial charge in [0.25, 0.3) is 0 Å². The van der Waals surface area contributed by atoms with E-state index in [1.54, 1.807) is 24.5 Å². The van der Waals surface area contributed by atoms with E-state index in [0.29, 0.717) is 23.1 Å². The molecule has 33 heavy (non-hydrogen) atoms. The van der Waals surface area contributed by atoms with Crippen LogP contribution in [0, 0.1) is 11.8 Å². The largest absolute Gasteiger partial charge is 0.507 e. The second kappa shape index (κ2) is 9.21. The molecule has 2 fully saturated rings. The summed E-state index contributed by atoms with van der Waals surface area (Å²) in [4.78, 5) is 6.32. The first kappa shape index (κ1) is 22.0. The Morgan fingerprint density at radius 1 is 1.06 bits per heavy atom. The Labute approximate surface area is 196 Å². The van der Waals surface area contributed by atoms with Crippen molar-refractivity contribution in [2.45, 2.75) is 49.3 Å². The molecular formula is C24H27FN6OS. The van der Waals surface area contributed by atoms with E-state index >= 15 is 4.39 Å². The molecule has 5 rings (SSSR count). The molecule has 2 bridgehead atoms. The van der Waals surface area contributed by atoms with Crippen molar-refractivity contribution in [3.05, 3.63) is 36.7 Å². The van der Waals surface area contributed by atoms with Crippen molar-refractivity contribution in [2.75, 3.05) is 18.2 Å². The van der Waals surface area contributed by atoms with Crippen LogP contribution in [0.5, 0.6) is 5.75 Å². The Bertz CT molecular complexity index is 1130. The second-order valence-electron chi connectivity index (χ2n) is 9.01. The third-order valence-electron chi connectivity index (χ3n) is 7.04. The Balaban J connectivity index is 1.35. The monoisotopic (exact) mass is 466 g/mol. The van der Waals surface area contributed by atoms with E-state index in [9.17, 15) is 5.11 Å². The van der Waals surface area contributed by atoms with E-state index in [4.69, 9.17) is 0 Å². The number of halogens is 1. The van der Waals surface area contributed by atoms with Gasteiger partial charge in [-0.15, -0.1) is 27.1 Å². The summed E-state index contributed by atoms with van der Waals surface area (Å²) in [7, 11) is 1.88. The minimum Gasteiger partial charge on any atom is -0.507 e. The number of hydrogen-bond donors (Lipinski definition) is 1. The Morgan fingerprint density at radius 3 is 2.70 bits per heavy atom. The van der Waals surface area contributed by atoms with Gasteiger partial charge in [0, 0.05) is 12.6 Å². The molecule has 2 saturated carbocycles. The normalized spacial score (nSPS) is 24.5. The van der Waals surface area contributed by atoms with Crippen molar-refractivity contribution in [3.8, 4) is 28.3 Å². The first-order valence-electron chi connectivity index (χ1n) is 11.3. The van der Waals surface area contributed by atoms with Crippen LogP contribution in [0.3, 0.4) is 0 Å². The summed E-state index contributed by atoms with van der Waals surface area (Å²) in [5.74, 6) is 1.69. The second-order valence-corrected chi connectivity index (χ2v) is 9.84. The van der Waals surface area contributed by atoms with Crippen LogP contribution in [-0.4, -0.2) is 56.0 Å². The van der Waals surface area contributed by atoms with Crippen molar-refractivity contribution in [2.24, 2.45) is 11.8 Å². The van der Waals surface area contributed by atoms with E-state index in [2.05, 4.69) is 25.4 Å². The molecule has 0 saturated heterocycles. The van der Waals surface area contributed by atoms with E-state index in [-0.39, 0.29) is 17.7 Å². The number of thioether (sulfide) groups is 1. The molecule has 0 radical (unpaired) electrons. The minimum atomic E-state index is -0.848. The van der Waals surface area contributed by atoms with Gasteiger partial charge in [-0.2, -0.15) is 5.10 Å². The SMILES string of the molecule is CSc1cc(-c2ccc(-c3ncc(N(C)[C@@H]4C[C@H]5CCC[C@H](C5)[C@@H]4F)nn3)c(O)c2)cnn1. The Hall–Kier alpha value is -2.81. The number of aromatic hydroxyl groups is 1. The zero-order valence-electron chi connectivity index (χ0n) is 18.7. The fourth-order valence-electron chi connectivity index (χ4n) is 5.22. The highest BCUT2D eigenvalue weighted by molar-refractivity contribution is 7.98. The summed E-state index contributed by atoms with van der Waals surface area (Å²) in [5.41, 5.74) is 2.18. The predicted octanol–water partition coefficient (Wildman–Crippen LogP) is 4.78. The summed E-state index contributed by atoms with van der Waals surface area (Å²) in [5, 5.41) is 28.1. The van der Waals surface area contributed by atoms with Gasteiger partial charge in [0.2, 0.25) is 0 Å². The van der Waals surface area contributed by atoms with Crippen molar-refractivity contribution >= 4 is 17.6 Å². The zero-order valence-corrected chi connectivity index (χ0v) is 19.5. The fraction of sp³-hybridized carbons (Fsp3) is 0.458. The van der Waals surface area contributed by atoms with Gasteiger partial charge in [-0.1, -0.05) is 18.9 Å². The van der Waals surface area contributed by atoms with Crippen molar-refractivity contribution in [1.82, 2.24) is 25.4 Å².